The van der Waals surface area contributed by atoms with Gasteiger partial charge in [0, 0.05) is 19.0 Å². The molecular weight excluding hydrogens is 372 g/mol. The van der Waals surface area contributed by atoms with Crippen LogP contribution in [0.5, 0.6) is 0 Å². The van der Waals surface area contributed by atoms with Crippen LogP contribution in [0.4, 0.5) is 10.1 Å². The minimum absolute atomic E-state index is 0.149. The second-order valence-corrected chi connectivity index (χ2v) is 5.02. The Balaban J connectivity index is 0. The second-order valence-electron chi connectivity index (χ2n) is 4.30. The first kappa shape index (κ1) is 26.6. The van der Waals surface area contributed by atoms with Crippen molar-refractivity contribution in [2.24, 2.45) is 4.99 Å². The predicted molar refractivity (Wildman–Crippen MR) is 116 cm³/mol. The summed E-state index contributed by atoms with van der Waals surface area (Å²) in [5, 5.41) is 2.86. The van der Waals surface area contributed by atoms with Gasteiger partial charge in [-0.3, -0.25) is 4.99 Å². The van der Waals surface area contributed by atoms with Crippen molar-refractivity contribution >= 4 is 34.7 Å². The van der Waals surface area contributed by atoms with Crippen molar-refractivity contribution in [2.45, 2.75) is 47.5 Å². The van der Waals surface area contributed by atoms with E-state index < -0.39 is 5.82 Å². The first-order chi connectivity index (χ1) is 12.6. The zero-order valence-corrected chi connectivity index (χ0v) is 17.8. The fourth-order valence-electron chi connectivity index (χ4n) is 1.58. The number of halogens is 3. The molecule has 2 rings (SSSR count). The van der Waals surface area contributed by atoms with Gasteiger partial charge < -0.3 is 5.32 Å². The fourth-order valence-corrected chi connectivity index (χ4v) is 1.95. The largest absolute Gasteiger partial charge is 0.341 e. The summed E-state index contributed by atoms with van der Waals surface area (Å²) in [6.07, 6.45) is 11.4. The minimum atomic E-state index is -0.595. The van der Waals surface area contributed by atoms with E-state index in [1.54, 1.807) is 6.08 Å². The van der Waals surface area contributed by atoms with E-state index in [-0.39, 0.29) is 10.3 Å². The molecule has 0 atom stereocenters. The first-order valence-electron chi connectivity index (χ1n) is 8.80. The summed E-state index contributed by atoms with van der Waals surface area (Å²) in [7, 11) is 0. The van der Waals surface area contributed by atoms with Crippen LogP contribution < -0.4 is 5.32 Å². The van der Waals surface area contributed by atoms with E-state index in [2.05, 4.69) is 21.9 Å². The lowest BCUT2D eigenvalue weighted by Gasteiger charge is -2.07. The Morgan fingerprint density at radius 3 is 2.27 bits per heavy atom. The maximum absolute atomic E-state index is 13.1. The molecule has 0 fully saturated rings. The van der Waals surface area contributed by atoms with E-state index >= 15 is 0 Å². The number of allylic oxidation sites excluding steroid dienone is 5. The van der Waals surface area contributed by atoms with E-state index in [1.807, 2.05) is 58.9 Å². The molecule has 146 valence electrons. The van der Waals surface area contributed by atoms with Gasteiger partial charge in [-0.15, -0.1) is 0 Å². The predicted octanol–water partition coefficient (Wildman–Crippen LogP) is 7.49. The minimum Gasteiger partial charge on any atom is -0.341 e. The Kier molecular flexibility index (Phi) is 18.6. The van der Waals surface area contributed by atoms with Gasteiger partial charge in [0.1, 0.15) is 5.84 Å². The number of anilines is 1. The smallest absolute Gasteiger partial charge is 0.166 e. The van der Waals surface area contributed by atoms with Crippen molar-refractivity contribution in [3.63, 3.8) is 0 Å². The number of aliphatic imine (C=N–C) groups is 1. The van der Waals surface area contributed by atoms with E-state index in [0.717, 1.165) is 25.2 Å². The summed E-state index contributed by atoms with van der Waals surface area (Å²) < 4.78 is 13.1. The van der Waals surface area contributed by atoms with Crippen LogP contribution in [-0.2, 0) is 0 Å². The topological polar surface area (TPSA) is 37.3 Å². The molecule has 1 aromatic heterocycles. The Labute approximate surface area is 167 Å². The van der Waals surface area contributed by atoms with Crippen molar-refractivity contribution in [1.29, 1.82) is 0 Å². The molecule has 2 heterocycles. The van der Waals surface area contributed by atoms with Gasteiger partial charge in [0.15, 0.2) is 16.1 Å². The van der Waals surface area contributed by atoms with Crippen LogP contribution in [0.3, 0.4) is 0 Å². The molecule has 6 heteroatoms. The molecule has 1 aliphatic rings. The quantitative estimate of drug-likeness (QED) is 0.420. The monoisotopic (exact) mass is 401 g/mol. The normalized spacial score (nSPS) is 12.2. The zero-order chi connectivity index (χ0) is 20.4. The molecule has 0 saturated heterocycles. The van der Waals surface area contributed by atoms with E-state index in [1.165, 1.54) is 6.07 Å². The van der Waals surface area contributed by atoms with Crippen molar-refractivity contribution in [3.8, 4) is 0 Å². The molecule has 1 aromatic rings. The molecule has 0 aromatic carbocycles. The molecular formula is C20H30Cl2FN3. The highest BCUT2D eigenvalue weighted by atomic mass is 35.5. The number of amidine groups is 1. The molecule has 1 N–H and O–H groups in total. The summed E-state index contributed by atoms with van der Waals surface area (Å²) in [4.78, 5) is 7.84. The third kappa shape index (κ3) is 11.8. The Morgan fingerprint density at radius 2 is 1.77 bits per heavy atom. The third-order valence-electron chi connectivity index (χ3n) is 2.59. The SMILES string of the molecule is C=C/C=C\C=C/C.CC.CC.Fc1cc(NC2=NCCC2)c(Cl)nc1Cl. The molecule has 0 bridgehead atoms. The van der Waals surface area contributed by atoms with Crippen LogP contribution >= 0.6 is 23.2 Å². The Bertz CT molecular complexity index is 597. The van der Waals surface area contributed by atoms with Crippen molar-refractivity contribution < 1.29 is 4.39 Å². The summed E-state index contributed by atoms with van der Waals surface area (Å²) in [6, 6.07) is 1.22. The summed E-state index contributed by atoms with van der Waals surface area (Å²) in [5.74, 6) is 0.211. The lowest BCUT2D eigenvalue weighted by molar-refractivity contribution is 0.623. The van der Waals surface area contributed by atoms with Crippen LogP contribution in [0.2, 0.25) is 10.3 Å². The summed E-state index contributed by atoms with van der Waals surface area (Å²) in [5.41, 5.74) is 0.402. The lowest BCUT2D eigenvalue weighted by atomic mass is 10.3. The molecule has 0 amide bonds. The van der Waals surface area contributed by atoms with E-state index in [9.17, 15) is 4.39 Å². The molecule has 0 unspecified atom stereocenters. The van der Waals surface area contributed by atoms with Crippen LogP contribution in [0.25, 0.3) is 0 Å². The fraction of sp³-hybridized carbons (Fsp3) is 0.400. The molecule has 0 aliphatic carbocycles. The molecule has 0 spiro atoms. The molecule has 3 nitrogen and oxygen atoms in total. The number of nitrogens with one attached hydrogen (secondary N) is 1. The number of pyridine rings is 1. The number of rotatable bonds is 3. The molecule has 1 aliphatic heterocycles. The van der Waals surface area contributed by atoms with Crippen molar-refractivity contribution in [1.82, 2.24) is 4.98 Å². The Morgan fingerprint density at radius 1 is 1.12 bits per heavy atom. The van der Waals surface area contributed by atoms with Crippen LogP contribution in [-0.4, -0.2) is 17.4 Å². The maximum atomic E-state index is 13.1. The van der Waals surface area contributed by atoms with Gasteiger partial charge >= 0.3 is 0 Å². The van der Waals surface area contributed by atoms with Crippen LogP contribution in [0.15, 0.2) is 48.0 Å². The Hall–Kier alpha value is -1.65. The standard InChI is InChI=1S/C9H8Cl2FN3.C7H10.2C2H6/c10-8-5(12)4-6(9(11)15-8)14-7-2-1-3-13-7;1-3-5-7-6-4-2;2*1-2/h4H,1-3H2,(H,13,14);3-7H,1H2,2H3;2*1-2H3/b;6-4-,7-5-;;. The van der Waals surface area contributed by atoms with Gasteiger partial charge in [0.2, 0.25) is 0 Å². The summed E-state index contributed by atoms with van der Waals surface area (Å²) in [6.45, 7) is 14.3. The van der Waals surface area contributed by atoms with Crippen LogP contribution in [0, 0.1) is 5.82 Å². The molecule has 26 heavy (non-hydrogen) atoms. The van der Waals surface area contributed by atoms with Crippen molar-refractivity contribution in [3.05, 3.63) is 59.1 Å². The van der Waals surface area contributed by atoms with Crippen molar-refractivity contribution in [2.75, 3.05) is 11.9 Å². The highest BCUT2D eigenvalue weighted by molar-refractivity contribution is 6.34. The number of aromatic nitrogens is 1. The van der Waals surface area contributed by atoms with Gasteiger partial charge in [-0.1, -0.05) is 87.9 Å². The highest BCUT2D eigenvalue weighted by Gasteiger charge is 2.12. The average molecular weight is 402 g/mol. The number of nitrogens with zero attached hydrogens (tertiary/aromatic N) is 2. The van der Waals surface area contributed by atoms with Gasteiger partial charge in [-0.05, 0) is 13.3 Å². The maximum Gasteiger partial charge on any atom is 0.166 e. The van der Waals surface area contributed by atoms with Crippen LogP contribution in [0.1, 0.15) is 47.5 Å². The van der Waals surface area contributed by atoms with Gasteiger partial charge in [-0.25, -0.2) is 9.37 Å². The summed E-state index contributed by atoms with van der Waals surface area (Å²) >= 11 is 11.3. The van der Waals surface area contributed by atoms with Gasteiger partial charge in [0.05, 0.1) is 5.69 Å². The first-order valence-corrected chi connectivity index (χ1v) is 9.56. The molecule has 0 radical (unpaired) electrons. The van der Waals surface area contributed by atoms with E-state index in [4.69, 9.17) is 23.2 Å². The second kappa shape index (κ2) is 18.2. The molecule has 0 saturated carbocycles. The lowest BCUT2D eigenvalue weighted by Crippen LogP contribution is -2.09. The number of hydrogen-bond acceptors (Lipinski definition) is 3. The highest BCUT2D eigenvalue weighted by Crippen LogP contribution is 2.25. The number of hydrogen-bond donors (Lipinski definition) is 1. The van der Waals surface area contributed by atoms with E-state index in [0.29, 0.717) is 5.69 Å². The third-order valence-corrected chi connectivity index (χ3v) is 3.14. The zero-order valence-electron chi connectivity index (χ0n) is 16.3. The van der Waals surface area contributed by atoms with Gasteiger partial charge in [-0.2, -0.15) is 0 Å². The average Bonchev–Trinajstić information content (AvgIpc) is 3.17. The van der Waals surface area contributed by atoms with Gasteiger partial charge in [0.25, 0.3) is 0 Å².